The highest BCUT2D eigenvalue weighted by Crippen LogP contribution is 2.33. The summed E-state index contributed by atoms with van der Waals surface area (Å²) in [6, 6.07) is 10.1. The molecule has 3 rings (SSSR count). The fourth-order valence-electron chi connectivity index (χ4n) is 3.47. The molecule has 0 bridgehead atoms. The van der Waals surface area contributed by atoms with Crippen LogP contribution in [-0.2, 0) is 7.05 Å². The van der Waals surface area contributed by atoms with Crippen molar-refractivity contribution < 1.29 is 13.9 Å². The molecule has 2 N–H and O–H groups in total. The highest BCUT2D eigenvalue weighted by molar-refractivity contribution is 5.98. The van der Waals surface area contributed by atoms with E-state index in [1.807, 2.05) is 32.2 Å². The van der Waals surface area contributed by atoms with E-state index < -0.39 is 5.82 Å². The van der Waals surface area contributed by atoms with Crippen molar-refractivity contribution in [3.05, 3.63) is 59.2 Å². The SMILES string of the molecule is CN/C(C)=C(/CCOc1cc(F)ccc1-c1ccc2c(c1)c(C=O)nn2C)C(C)=N. The summed E-state index contributed by atoms with van der Waals surface area (Å²) in [6.07, 6.45) is 1.25. The van der Waals surface area contributed by atoms with E-state index in [4.69, 9.17) is 10.1 Å². The minimum Gasteiger partial charge on any atom is -0.492 e. The van der Waals surface area contributed by atoms with Gasteiger partial charge in [0.05, 0.1) is 12.1 Å². The summed E-state index contributed by atoms with van der Waals surface area (Å²) >= 11 is 0. The van der Waals surface area contributed by atoms with Crippen molar-refractivity contribution in [2.75, 3.05) is 13.7 Å². The van der Waals surface area contributed by atoms with E-state index in [2.05, 4.69) is 10.4 Å². The average Bonchev–Trinajstić information content (AvgIpc) is 3.05. The van der Waals surface area contributed by atoms with Gasteiger partial charge >= 0.3 is 0 Å². The van der Waals surface area contributed by atoms with Crippen LogP contribution in [0.2, 0.25) is 0 Å². The van der Waals surface area contributed by atoms with Gasteiger partial charge in [-0.05, 0) is 49.2 Å². The van der Waals surface area contributed by atoms with E-state index in [0.717, 1.165) is 39.6 Å². The standard InChI is InChI=1S/C23H25FN4O2/c1-14(25)18(15(2)26-3)9-10-30-23-12-17(24)6-7-19(23)16-5-8-22-20(11-16)21(13-29)27-28(22)4/h5-8,11-13,25-26H,9-10H2,1-4H3/b18-15-,25-14?. The quantitative estimate of drug-likeness (QED) is 0.425. The zero-order valence-corrected chi connectivity index (χ0v) is 17.5. The molecule has 0 spiro atoms. The van der Waals surface area contributed by atoms with E-state index >= 15 is 0 Å². The minimum absolute atomic E-state index is 0.301. The molecular formula is C23H25FN4O2. The number of hydrogen-bond acceptors (Lipinski definition) is 5. The first kappa shape index (κ1) is 21.2. The van der Waals surface area contributed by atoms with Crippen LogP contribution >= 0.6 is 0 Å². The molecule has 0 amide bonds. The van der Waals surface area contributed by atoms with Crippen LogP contribution < -0.4 is 10.1 Å². The third-order valence-electron chi connectivity index (χ3n) is 5.14. The molecule has 0 atom stereocenters. The molecule has 0 saturated carbocycles. The second kappa shape index (κ2) is 8.90. The predicted molar refractivity (Wildman–Crippen MR) is 117 cm³/mol. The molecule has 0 aliphatic heterocycles. The number of rotatable bonds is 8. The van der Waals surface area contributed by atoms with Crippen molar-refractivity contribution in [3.63, 3.8) is 0 Å². The van der Waals surface area contributed by atoms with Crippen molar-refractivity contribution in [1.82, 2.24) is 15.1 Å². The van der Waals surface area contributed by atoms with Gasteiger partial charge in [0, 0.05) is 48.9 Å². The number of nitrogens with zero attached hydrogens (tertiary/aromatic N) is 2. The summed E-state index contributed by atoms with van der Waals surface area (Å²) in [6.45, 7) is 3.95. The lowest BCUT2D eigenvalue weighted by molar-refractivity contribution is 0.111. The fourth-order valence-corrected chi connectivity index (χ4v) is 3.47. The normalized spacial score (nSPS) is 11.9. The van der Waals surface area contributed by atoms with Gasteiger partial charge in [-0.2, -0.15) is 5.10 Å². The number of aldehydes is 1. The lowest BCUT2D eigenvalue weighted by Crippen LogP contribution is -2.13. The third-order valence-corrected chi connectivity index (χ3v) is 5.14. The molecule has 156 valence electrons. The molecule has 0 radical (unpaired) electrons. The van der Waals surface area contributed by atoms with Crippen molar-refractivity contribution in [2.45, 2.75) is 20.3 Å². The minimum atomic E-state index is -0.393. The Hall–Kier alpha value is -3.48. The van der Waals surface area contributed by atoms with E-state index in [1.165, 1.54) is 12.1 Å². The van der Waals surface area contributed by atoms with Gasteiger partial charge < -0.3 is 15.5 Å². The number of ether oxygens (including phenoxy) is 1. The molecule has 6 nitrogen and oxygen atoms in total. The Morgan fingerprint density at radius 1 is 1.27 bits per heavy atom. The number of fused-ring (bicyclic) bond motifs is 1. The zero-order chi connectivity index (χ0) is 21.8. The van der Waals surface area contributed by atoms with E-state index in [9.17, 15) is 9.18 Å². The lowest BCUT2D eigenvalue weighted by atomic mass is 10.0. The molecule has 0 saturated heterocycles. The molecule has 0 aliphatic rings. The smallest absolute Gasteiger partial charge is 0.170 e. The monoisotopic (exact) mass is 408 g/mol. The number of aryl methyl sites for hydroxylation is 1. The number of allylic oxidation sites excluding steroid dienone is 1. The Bertz CT molecular complexity index is 1150. The molecule has 0 unspecified atom stereocenters. The number of carbonyl (C=O) groups is 1. The van der Waals surface area contributed by atoms with Crippen LogP contribution in [0.5, 0.6) is 5.75 Å². The lowest BCUT2D eigenvalue weighted by Gasteiger charge is -2.15. The Kier molecular flexibility index (Phi) is 6.30. The molecule has 0 fully saturated rings. The van der Waals surface area contributed by atoms with Gasteiger partial charge in [0.25, 0.3) is 0 Å². The molecule has 1 heterocycles. The number of benzene rings is 2. The molecule has 30 heavy (non-hydrogen) atoms. The Labute approximate surface area is 174 Å². The summed E-state index contributed by atoms with van der Waals surface area (Å²) < 4.78 is 21.5. The molecular weight excluding hydrogens is 383 g/mol. The van der Waals surface area contributed by atoms with Gasteiger partial charge in [0.15, 0.2) is 6.29 Å². The predicted octanol–water partition coefficient (Wildman–Crippen LogP) is 4.49. The summed E-state index contributed by atoms with van der Waals surface area (Å²) in [5.74, 6) is 0.0187. The van der Waals surface area contributed by atoms with Crippen LogP contribution in [0.25, 0.3) is 22.0 Å². The summed E-state index contributed by atoms with van der Waals surface area (Å²) in [5, 5.41) is 16.0. The van der Waals surface area contributed by atoms with Gasteiger partial charge in [0.2, 0.25) is 0 Å². The van der Waals surface area contributed by atoms with Crippen molar-refractivity contribution in [2.24, 2.45) is 7.05 Å². The fraction of sp³-hybridized carbons (Fsp3) is 0.261. The van der Waals surface area contributed by atoms with E-state index in [-0.39, 0.29) is 0 Å². The summed E-state index contributed by atoms with van der Waals surface area (Å²) in [4.78, 5) is 11.4. The Balaban J connectivity index is 1.93. The first-order valence-electron chi connectivity index (χ1n) is 9.63. The number of nitrogens with one attached hydrogen (secondary N) is 2. The average molecular weight is 408 g/mol. The maximum atomic E-state index is 13.9. The molecule has 0 aliphatic carbocycles. The number of hydrogen-bond donors (Lipinski definition) is 2. The van der Waals surface area contributed by atoms with Crippen LogP contribution in [0.3, 0.4) is 0 Å². The second-order valence-electron chi connectivity index (χ2n) is 7.08. The highest BCUT2D eigenvalue weighted by Gasteiger charge is 2.14. The maximum Gasteiger partial charge on any atom is 0.170 e. The first-order chi connectivity index (χ1) is 14.3. The number of aromatic nitrogens is 2. The number of halogens is 1. The van der Waals surface area contributed by atoms with Crippen LogP contribution in [0.15, 0.2) is 47.7 Å². The van der Waals surface area contributed by atoms with Crippen LogP contribution in [0.4, 0.5) is 4.39 Å². The van der Waals surface area contributed by atoms with Crippen LogP contribution in [0.1, 0.15) is 30.8 Å². The maximum absolute atomic E-state index is 13.9. The van der Waals surface area contributed by atoms with Crippen molar-refractivity contribution in [1.29, 1.82) is 5.41 Å². The first-order valence-corrected chi connectivity index (χ1v) is 9.63. The topological polar surface area (TPSA) is 80.0 Å². The van der Waals surface area contributed by atoms with E-state index in [1.54, 1.807) is 24.7 Å². The molecule has 7 heteroatoms. The molecule has 3 aromatic rings. The van der Waals surface area contributed by atoms with Crippen molar-refractivity contribution in [3.8, 4) is 16.9 Å². The molecule has 1 aromatic heterocycles. The number of carbonyl (C=O) groups excluding carboxylic acids is 1. The highest BCUT2D eigenvalue weighted by atomic mass is 19.1. The Morgan fingerprint density at radius 3 is 2.70 bits per heavy atom. The van der Waals surface area contributed by atoms with E-state index in [0.29, 0.717) is 30.2 Å². The summed E-state index contributed by atoms with van der Waals surface area (Å²) in [7, 11) is 3.59. The van der Waals surface area contributed by atoms with Crippen LogP contribution in [-0.4, -0.2) is 35.4 Å². The summed E-state index contributed by atoms with van der Waals surface area (Å²) in [5.41, 5.74) is 4.97. The van der Waals surface area contributed by atoms with Gasteiger partial charge in [-0.3, -0.25) is 9.48 Å². The zero-order valence-electron chi connectivity index (χ0n) is 17.5. The largest absolute Gasteiger partial charge is 0.492 e. The Morgan fingerprint density at radius 2 is 2.03 bits per heavy atom. The van der Waals surface area contributed by atoms with Gasteiger partial charge in [-0.1, -0.05) is 6.07 Å². The van der Waals surface area contributed by atoms with Gasteiger partial charge in [0.1, 0.15) is 17.3 Å². The van der Waals surface area contributed by atoms with Crippen molar-refractivity contribution >= 4 is 22.9 Å². The molecule has 2 aromatic carbocycles. The van der Waals surface area contributed by atoms with Gasteiger partial charge in [-0.15, -0.1) is 0 Å². The van der Waals surface area contributed by atoms with Gasteiger partial charge in [-0.25, -0.2) is 4.39 Å². The third kappa shape index (κ3) is 4.25. The second-order valence-corrected chi connectivity index (χ2v) is 7.08. The van der Waals surface area contributed by atoms with Crippen LogP contribution in [0, 0.1) is 11.2 Å².